The van der Waals surface area contributed by atoms with E-state index in [-0.39, 0.29) is 6.04 Å². The van der Waals surface area contributed by atoms with Gasteiger partial charge >= 0.3 is 13.2 Å². The van der Waals surface area contributed by atoms with Gasteiger partial charge in [0.05, 0.1) is 17.2 Å². The molecule has 1 atom stereocenters. The summed E-state index contributed by atoms with van der Waals surface area (Å²) in [5.41, 5.74) is 0.874. The predicted molar refractivity (Wildman–Crippen MR) is 81.7 cm³/mol. The summed E-state index contributed by atoms with van der Waals surface area (Å²) >= 11 is 0. The SMILES string of the molecule is C[C@@H](NC(=O)O)c1ccccc1B1OC(C)(C)C(C)(C)O1. The first kappa shape index (κ1) is 15.9. The van der Waals surface area contributed by atoms with E-state index in [0.29, 0.717) is 0 Å². The second-order valence-electron chi connectivity index (χ2n) is 6.39. The van der Waals surface area contributed by atoms with Crippen LogP contribution in [0.5, 0.6) is 0 Å². The number of carboxylic acid groups (broad SMARTS) is 1. The fraction of sp³-hybridized carbons (Fsp3) is 0.533. The molecular weight excluding hydrogens is 269 g/mol. The second-order valence-corrected chi connectivity index (χ2v) is 6.39. The molecule has 6 heteroatoms. The van der Waals surface area contributed by atoms with E-state index in [1.54, 1.807) is 6.92 Å². The van der Waals surface area contributed by atoms with Gasteiger partial charge in [0.15, 0.2) is 0 Å². The zero-order valence-electron chi connectivity index (χ0n) is 13.1. The van der Waals surface area contributed by atoms with Gasteiger partial charge in [0.25, 0.3) is 0 Å². The summed E-state index contributed by atoms with van der Waals surface area (Å²) in [5.74, 6) is 0. The average molecular weight is 291 g/mol. The van der Waals surface area contributed by atoms with Crippen molar-refractivity contribution in [1.29, 1.82) is 0 Å². The first-order valence-corrected chi connectivity index (χ1v) is 7.08. The topological polar surface area (TPSA) is 67.8 Å². The lowest BCUT2D eigenvalue weighted by molar-refractivity contribution is 0.00578. The Morgan fingerprint density at radius 3 is 2.24 bits per heavy atom. The molecule has 1 aliphatic rings. The molecule has 0 unspecified atom stereocenters. The zero-order chi connectivity index (χ0) is 15.8. The molecule has 0 radical (unpaired) electrons. The van der Waals surface area contributed by atoms with Crippen LogP contribution in [0, 0.1) is 0 Å². The van der Waals surface area contributed by atoms with Gasteiger partial charge in [0, 0.05) is 0 Å². The van der Waals surface area contributed by atoms with Crippen molar-refractivity contribution in [3.8, 4) is 0 Å². The minimum absolute atomic E-state index is 0.335. The Morgan fingerprint density at radius 1 is 1.19 bits per heavy atom. The Hall–Kier alpha value is -1.53. The number of rotatable bonds is 3. The number of nitrogens with one attached hydrogen (secondary N) is 1. The summed E-state index contributed by atoms with van der Waals surface area (Å²) in [7, 11) is -0.496. The number of hydrogen-bond acceptors (Lipinski definition) is 3. The average Bonchev–Trinajstić information content (AvgIpc) is 2.57. The minimum atomic E-state index is -1.05. The molecule has 1 fully saturated rings. The maximum absolute atomic E-state index is 10.8. The van der Waals surface area contributed by atoms with Crippen molar-refractivity contribution in [2.75, 3.05) is 0 Å². The molecular formula is C15H22BNO4. The van der Waals surface area contributed by atoms with Crippen molar-refractivity contribution < 1.29 is 19.2 Å². The fourth-order valence-corrected chi connectivity index (χ4v) is 2.35. The van der Waals surface area contributed by atoms with Crippen LogP contribution in [0.4, 0.5) is 4.79 Å². The van der Waals surface area contributed by atoms with Gasteiger partial charge in [-0.15, -0.1) is 0 Å². The lowest BCUT2D eigenvalue weighted by Crippen LogP contribution is -2.41. The molecule has 0 spiro atoms. The molecule has 1 amide bonds. The molecule has 0 aliphatic carbocycles. The van der Waals surface area contributed by atoms with Crippen LogP contribution >= 0.6 is 0 Å². The molecule has 0 bridgehead atoms. The van der Waals surface area contributed by atoms with Crippen LogP contribution in [0.15, 0.2) is 24.3 Å². The normalized spacial score (nSPS) is 21.1. The molecule has 5 nitrogen and oxygen atoms in total. The van der Waals surface area contributed by atoms with E-state index in [9.17, 15) is 4.79 Å². The van der Waals surface area contributed by atoms with Gasteiger partial charge in [0.2, 0.25) is 0 Å². The summed E-state index contributed by atoms with van der Waals surface area (Å²) < 4.78 is 12.1. The number of hydrogen-bond donors (Lipinski definition) is 2. The van der Waals surface area contributed by atoms with E-state index in [0.717, 1.165) is 11.0 Å². The quantitative estimate of drug-likeness (QED) is 0.839. The van der Waals surface area contributed by atoms with Crippen LogP contribution in [0.1, 0.15) is 46.2 Å². The van der Waals surface area contributed by atoms with Gasteiger partial charge < -0.3 is 19.7 Å². The van der Waals surface area contributed by atoms with Crippen LogP contribution in [0.2, 0.25) is 0 Å². The van der Waals surface area contributed by atoms with Crippen molar-refractivity contribution in [1.82, 2.24) is 5.32 Å². The molecule has 1 heterocycles. The molecule has 2 N–H and O–H groups in total. The van der Waals surface area contributed by atoms with Crippen molar-refractivity contribution in [3.05, 3.63) is 29.8 Å². The smallest absolute Gasteiger partial charge is 0.465 e. The Kier molecular flexibility index (Phi) is 4.04. The Morgan fingerprint density at radius 2 is 1.71 bits per heavy atom. The maximum Gasteiger partial charge on any atom is 0.495 e. The van der Waals surface area contributed by atoms with Crippen molar-refractivity contribution in [2.45, 2.75) is 51.9 Å². The van der Waals surface area contributed by atoms with Gasteiger partial charge in [-0.2, -0.15) is 0 Å². The molecule has 21 heavy (non-hydrogen) atoms. The monoisotopic (exact) mass is 291 g/mol. The highest BCUT2D eigenvalue weighted by atomic mass is 16.7. The maximum atomic E-state index is 10.8. The highest BCUT2D eigenvalue weighted by Crippen LogP contribution is 2.36. The van der Waals surface area contributed by atoms with Crippen molar-refractivity contribution >= 4 is 18.7 Å². The molecule has 1 aliphatic heterocycles. The molecule has 2 rings (SSSR count). The van der Waals surface area contributed by atoms with Gasteiger partial charge in [-0.3, -0.25) is 0 Å². The third-order valence-electron chi connectivity index (χ3n) is 4.31. The first-order valence-electron chi connectivity index (χ1n) is 7.08. The lowest BCUT2D eigenvalue weighted by atomic mass is 9.74. The Bertz CT molecular complexity index is 528. The Balaban J connectivity index is 2.32. The summed E-state index contributed by atoms with van der Waals surface area (Å²) in [6, 6.07) is 7.25. The number of benzene rings is 1. The van der Waals surface area contributed by atoms with E-state index in [2.05, 4.69) is 5.32 Å². The second kappa shape index (κ2) is 5.35. The van der Waals surface area contributed by atoms with E-state index >= 15 is 0 Å². The predicted octanol–water partition coefficient (Wildman–Crippen LogP) is 2.31. The van der Waals surface area contributed by atoms with Gasteiger partial charge in [-0.05, 0) is 45.6 Å². The zero-order valence-corrected chi connectivity index (χ0v) is 13.1. The summed E-state index contributed by atoms with van der Waals surface area (Å²) in [6.45, 7) is 9.78. The third-order valence-corrected chi connectivity index (χ3v) is 4.31. The molecule has 1 aromatic rings. The van der Waals surface area contributed by atoms with E-state index < -0.39 is 24.4 Å². The van der Waals surface area contributed by atoms with Crippen LogP contribution in [-0.2, 0) is 9.31 Å². The number of amides is 1. The van der Waals surface area contributed by atoms with Gasteiger partial charge in [0.1, 0.15) is 0 Å². The fourth-order valence-electron chi connectivity index (χ4n) is 2.35. The molecule has 114 valence electrons. The summed E-state index contributed by atoms with van der Waals surface area (Å²) in [5, 5.41) is 11.4. The highest BCUT2D eigenvalue weighted by molar-refractivity contribution is 6.62. The Labute approximate surface area is 125 Å². The van der Waals surface area contributed by atoms with Gasteiger partial charge in [-0.1, -0.05) is 24.3 Å². The van der Waals surface area contributed by atoms with E-state index in [1.165, 1.54) is 0 Å². The standard InChI is InChI=1S/C15H22BNO4/c1-10(17-13(18)19)11-8-6-7-9-12(11)16-20-14(2,3)15(4,5)21-16/h6-10,17H,1-5H3,(H,18,19)/t10-/m1/s1. The van der Waals surface area contributed by atoms with Crippen LogP contribution < -0.4 is 10.8 Å². The van der Waals surface area contributed by atoms with Crippen molar-refractivity contribution in [2.24, 2.45) is 0 Å². The van der Waals surface area contributed by atoms with Crippen LogP contribution in [-0.4, -0.2) is 29.5 Å². The van der Waals surface area contributed by atoms with E-state index in [4.69, 9.17) is 14.4 Å². The lowest BCUT2D eigenvalue weighted by Gasteiger charge is -2.32. The summed E-state index contributed by atoms with van der Waals surface area (Å²) in [6.07, 6.45) is -1.05. The van der Waals surface area contributed by atoms with Gasteiger partial charge in [-0.25, -0.2) is 4.79 Å². The van der Waals surface area contributed by atoms with Crippen LogP contribution in [0.25, 0.3) is 0 Å². The molecule has 0 aromatic heterocycles. The summed E-state index contributed by atoms with van der Waals surface area (Å²) in [4.78, 5) is 10.8. The highest BCUT2D eigenvalue weighted by Gasteiger charge is 2.52. The molecule has 1 saturated heterocycles. The van der Waals surface area contributed by atoms with E-state index in [1.807, 2.05) is 52.0 Å². The van der Waals surface area contributed by atoms with Crippen molar-refractivity contribution in [3.63, 3.8) is 0 Å². The number of carbonyl (C=O) groups is 1. The molecule has 1 aromatic carbocycles. The largest absolute Gasteiger partial charge is 0.495 e. The third kappa shape index (κ3) is 3.06. The van der Waals surface area contributed by atoms with Crippen LogP contribution in [0.3, 0.4) is 0 Å². The minimum Gasteiger partial charge on any atom is -0.465 e. The molecule has 0 saturated carbocycles. The first-order chi connectivity index (χ1) is 9.64.